The fraction of sp³-hybridized carbons (Fsp3) is 0.143. The molecule has 0 fully saturated rings. The zero-order valence-electron chi connectivity index (χ0n) is 17.1. The van der Waals surface area contributed by atoms with Gasteiger partial charge in [-0.3, -0.25) is 10.1 Å². The molecule has 2 aromatic carbocycles. The van der Waals surface area contributed by atoms with Gasteiger partial charge in [-0.2, -0.15) is 0 Å². The van der Waals surface area contributed by atoms with Gasteiger partial charge in [-0.15, -0.1) is 11.3 Å². The number of fused-ring (bicyclic) bond motifs is 1. The van der Waals surface area contributed by atoms with Gasteiger partial charge in [0.25, 0.3) is 0 Å². The SMILES string of the molecule is CC(=O)Nc1nc2cc(Oc3ccc(N(C(N)=O)c4nc(C)c(C)s4)cc3)ccc2[nH]1. The van der Waals surface area contributed by atoms with Gasteiger partial charge in [0, 0.05) is 17.9 Å². The minimum Gasteiger partial charge on any atom is -0.457 e. The van der Waals surface area contributed by atoms with Crippen LogP contribution in [-0.2, 0) is 4.79 Å². The average Bonchev–Trinajstić information content (AvgIpc) is 3.24. The molecule has 4 rings (SSSR count). The Balaban J connectivity index is 1.55. The summed E-state index contributed by atoms with van der Waals surface area (Å²) in [5.41, 5.74) is 8.48. The van der Waals surface area contributed by atoms with Gasteiger partial charge >= 0.3 is 6.03 Å². The van der Waals surface area contributed by atoms with E-state index in [2.05, 4.69) is 20.3 Å². The molecule has 0 atom stereocenters. The fourth-order valence-corrected chi connectivity index (χ4v) is 3.89. The molecule has 10 heteroatoms. The molecule has 0 aliphatic carbocycles. The average molecular weight is 436 g/mol. The number of thiazole rings is 1. The summed E-state index contributed by atoms with van der Waals surface area (Å²) in [6.45, 7) is 5.25. The molecule has 9 nitrogen and oxygen atoms in total. The number of hydrogen-bond acceptors (Lipinski definition) is 6. The van der Waals surface area contributed by atoms with E-state index in [0.717, 1.165) is 16.1 Å². The second-order valence-corrected chi connectivity index (χ2v) is 8.03. The second-order valence-electron chi connectivity index (χ2n) is 6.85. The maximum Gasteiger partial charge on any atom is 0.325 e. The Morgan fingerprint density at radius 2 is 1.81 bits per heavy atom. The lowest BCUT2D eigenvalue weighted by molar-refractivity contribution is -0.114. The van der Waals surface area contributed by atoms with E-state index in [4.69, 9.17) is 10.5 Å². The van der Waals surface area contributed by atoms with E-state index in [-0.39, 0.29) is 5.91 Å². The highest BCUT2D eigenvalue weighted by Crippen LogP contribution is 2.33. The molecule has 0 aliphatic rings. The van der Waals surface area contributed by atoms with Crippen molar-refractivity contribution >= 4 is 51.1 Å². The number of hydrogen-bond donors (Lipinski definition) is 3. The Morgan fingerprint density at radius 1 is 1.10 bits per heavy atom. The van der Waals surface area contributed by atoms with Crippen LogP contribution in [0.4, 0.5) is 21.6 Å². The molecule has 0 saturated heterocycles. The summed E-state index contributed by atoms with van der Waals surface area (Å²) in [7, 11) is 0. The van der Waals surface area contributed by atoms with E-state index in [1.54, 1.807) is 36.4 Å². The van der Waals surface area contributed by atoms with Crippen molar-refractivity contribution in [1.82, 2.24) is 15.0 Å². The van der Waals surface area contributed by atoms with E-state index in [1.165, 1.54) is 23.2 Å². The highest BCUT2D eigenvalue weighted by Gasteiger charge is 2.19. The molecule has 2 aromatic heterocycles. The Bertz CT molecular complexity index is 1260. The van der Waals surface area contributed by atoms with Crippen LogP contribution in [0, 0.1) is 13.8 Å². The molecule has 4 N–H and O–H groups in total. The topological polar surface area (TPSA) is 126 Å². The largest absolute Gasteiger partial charge is 0.457 e. The maximum absolute atomic E-state index is 12.0. The van der Waals surface area contributed by atoms with Crippen LogP contribution in [0.3, 0.4) is 0 Å². The van der Waals surface area contributed by atoms with Crippen molar-refractivity contribution in [3.05, 3.63) is 53.0 Å². The number of aromatic nitrogens is 3. The third kappa shape index (κ3) is 4.33. The molecule has 158 valence electrons. The van der Waals surface area contributed by atoms with E-state index in [1.807, 2.05) is 19.9 Å². The number of nitrogens with zero attached hydrogens (tertiary/aromatic N) is 3. The quantitative estimate of drug-likeness (QED) is 0.421. The Morgan fingerprint density at radius 3 is 2.42 bits per heavy atom. The van der Waals surface area contributed by atoms with Gasteiger partial charge in [0.2, 0.25) is 11.9 Å². The van der Waals surface area contributed by atoms with Crippen molar-refractivity contribution in [2.45, 2.75) is 20.8 Å². The first-order valence-electron chi connectivity index (χ1n) is 9.39. The maximum atomic E-state index is 12.0. The minimum absolute atomic E-state index is 0.205. The Labute approximate surface area is 181 Å². The molecule has 0 radical (unpaired) electrons. The Hall–Kier alpha value is -3.92. The summed E-state index contributed by atoms with van der Waals surface area (Å²) >= 11 is 1.41. The van der Waals surface area contributed by atoms with Gasteiger partial charge in [0.15, 0.2) is 5.13 Å². The summed E-state index contributed by atoms with van der Waals surface area (Å²) in [6.07, 6.45) is 0. The molecular weight excluding hydrogens is 416 g/mol. The zero-order valence-corrected chi connectivity index (χ0v) is 17.9. The van der Waals surface area contributed by atoms with Crippen LogP contribution in [0.5, 0.6) is 11.5 Å². The number of nitrogens with one attached hydrogen (secondary N) is 2. The van der Waals surface area contributed by atoms with Crippen LogP contribution in [0.15, 0.2) is 42.5 Å². The van der Waals surface area contributed by atoms with Crippen molar-refractivity contribution in [2.75, 3.05) is 10.2 Å². The van der Waals surface area contributed by atoms with Crippen LogP contribution in [0.1, 0.15) is 17.5 Å². The van der Waals surface area contributed by atoms with Gasteiger partial charge in [0.1, 0.15) is 11.5 Å². The summed E-state index contributed by atoms with van der Waals surface area (Å²) < 4.78 is 5.91. The number of anilines is 3. The Kier molecular flexibility index (Phi) is 5.30. The molecule has 0 bridgehead atoms. The number of H-pyrrole nitrogens is 1. The lowest BCUT2D eigenvalue weighted by Crippen LogP contribution is -2.31. The van der Waals surface area contributed by atoms with Crippen LogP contribution in [0.25, 0.3) is 11.0 Å². The van der Waals surface area contributed by atoms with E-state index in [0.29, 0.717) is 33.8 Å². The molecule has 3 amide bonds. The molecule has 0 spiro atoms. The number of urea groups is 1. The third-order valence-corrected chi connectivity index (χ3v) is 5.57. The van der Waals surface area contributed by atoms with Gasteiger partial charge in [-0.1, -0.05) is 0 Å². The normalized spacial score (nSPS) is 10.8. The highest BCUT2D eigenvalue weighted by molar-refractivity contribution is 7.16. The highest BCUT2D eigenvalue weighted by atomic mass is 32.1. The molecule has 4 aromatic rings. The first-order chi connectivity index (χ1) is 14.8. The number of carbonyl (C=O) groups excluding carboxylic acids is 2. The third-order valence-electron chi connectivity index (χ3n) is 4.51. The fourth-order valence-electron chi connectivity index (χ4n) is 2.96. The predicted molar refractivity (Wildman–Crippen MR) is 120 cm³/mol. The van der Waals surface area contributed by atoms with Crippen LogP contribution in [0.2, 0.25) is 0 Å². The predicted octanol–water partition coefficient (Wildman–Crippen LogP) is 4.60. The summed E-state index contributed by atoms with van der Waals surface area (Å²) in [6, 6.07) is 11.7. The van der Waals surface area contributed by atoms with E-state index >= 15 is 0 Å². The molecular formula is C21H20N6O3S. The van der Waals surface area contributed by atoms with E-state index < -0.39 is 6.03 Å². The molecule has 0 aliphatic heterocycles. The number of carbonyl (C=O) groups is 2. The summed E-state index contributed by atoms with van der Waals surface area (Å²) in [4.78, 5) is 37.4. The minimum atomic E-state index is -0.610. The van der Waals surface area contributed by atoms with E-state index in [9.17, 15) is 9.59 Å². The first-order valence-corrected chi connectivity index (χ1v) is 10.2. The number of imidazole rings is 1. The summed E-state index contributed by atoms with van der Waals surface area (Å²) in [5.74, 6) is 1.34. The molecule has 0 saturated carbocycles. The molecule has 2 heterocycles. The van der Waals surface area contributed by atoms with Crippen LogP contribution < -0.4 is 20.7 Å². The van der Waals surface area contributed by atoms with Crippen LogP contribution >= 0.6 is 11.3 Å². The summed E-state index contributed by atoms with van der Waals surface area (Å²) in [5, 5.41) is 3.14. The lowest BCUT2D eigenvalue weighted by atomic mass is 10.2. The van der Waals surface area contributed by atoms with Crippen LogP contribution in [-0.4, -0.2) is 26.9 Å². The number of amides is 3. The van der Waals surface area contributed by atoms with Gasteiger partial charge < -0.3 is 15.5 Å². The van der Waals surface area contributed by atoms with Crippen molar-refractivity contribution < 1.29 is 14.3 Å². The standard InChI is InChI=1S/C21H20N6O3S/c1-11-12(2)31-21(23-11)27(19(22)29)14-4-6-15(7-5-14)30-16-8-9-17-18(10-16)26-20(25-17)24-13(3)28/h4-10H,1-3H3,(H2,22,29)(H2,24,25,26,28). The van der Waals surface area contributed by atoms with Crippen molar-refractivity contribution in [2.24, 2.45) is 5.73 Å². The van der Waals surface area contributed by atoms with Gasteiger partial charge in [-0.25, -0.2) is 19.7 Å². The lowest BCUT2D eigenvalue weighted by Gasteiger charge is -2.17. The molecule has 31 heavy (non-hydrogen) atoms. The second kappa shape index (κ2) is 8.07. The van der Waals surface area contributed by atoms with Gasteiger partial charge in [-0.05, 0) is 50.2 Å². The number of rotatable bonds is 5. The number of benzene rings is 2. The number of aromatic amines is 1. The number of aryl methyl sites for hydroxylation is 2. The monoisotopic (exact) mass is 436 g/mol. The smallest absolute Gasteiger partial charge is 0.325 e. The number of primary amides is 1. The van der Waals surface area contributed by atoms with Crippen molar-refractivity contribution in [1.29, 1.82) is 0 Å². The first kappa shape index (κ1) is 20.4. The molecule has 0 unspecified atom stereocenters. The number of nitrogens with two attached hydrogens (primary N) is 1. The van der Waals surface area contributed by atoms with Gasteiger partial charge in [0.05, 0.1) is 22.4 Å². The van der Waals surface area contributed by atoms with Crippen molar-refractivity contribution in [3.8, 4) is 11.5 Å². The van der Waals surface area contributed by atoms with Crippen molar-refractivity contribution in [3.63, 3.8) is 0 Å². The zero-order chi connectivity index (χ0) is 22.1. The number of ether oxygens (including phenoxy) is 1.